The Balaban J connectivity index is 2.29. The highest BCUT2D eigenvalue weighted by atomic mass is 32.2. The molecule has 0 unspecified atom stereocenters. The fraction of sp³-hybridized carbons (Fsp3) is 0.0909. The third-order valence-electron chi connectivity index (χ3n) is 2.11. The number of anilines is 1. The summed E-state index contributed by atoms with van der Waals surface area (Å²) in [5.41, 5.74) is 7.12. The van der Waals surface area contributed by atoms with E-state index >= 15 is 0 Å². The van der Waals surface area contributed by atoms with Crippen LogP contribution in [-0.4, -0.2) is 17.9 Å². The van der Waals surface area contributed by atoms with Gasteiger partial charge < -0.3 is 11.1 Å². The molecule has 0 spiro atoms. The van der Waals surface area contributed by atoms with Gasteiger partial charge in [0.1, 0.15) is 0 Å². The second kappa shape index (κ2) is 5.20. The van der Waals surface area contributed by atoms with Crippen LogP contribution in [0.3, 0.4) is 0 Å². The number of hydrogen-bond donors (Lipinski definition) is 2. The highest BCUT2D eigenvalue weighted by Crippen LogP contribution is 2.33. The molecule has 0 aliphatic rings. The number of thiazole rings is 1. The second-order valence-electron chi connectivity index (χ2n) is 3.23. The topological polar surface area (TPSA) is 68.0 Å². The lowest BCUT2D eigenvalue weighted by Crippen LogP contribution is -2.17. The Morgan fingerprint density at radius 1 is 1.53 bits per heavy atom. The molecule has 0 aliphatic heterocycles. The fourth-order valence-electron chi connectivity index (χ4n) is 1.26. The van der Waals surface area contributed by atoms with Crippen molar-refractivity contribution in [1.82, 2.24) is 10.3 Å². The zero-order valence-electron chi connectivity index (χ0n) is 9.14. The van der Waals surface area contributed by atoms with Gasteiger partial charge in [-0.25, -0.2) is 4.98 Å². The Bertz CT molecular complexity index is 526. The van der Waals surface area contributed by atoms with Crippen molar-refractivity contribution in [2.45, 2.75) is 9.24 Å². The first-order valence-corrected chi connectivity index (χ1v) is 6.59. The van der Waals surface area contributed by atoms with E-state index in [1.54, 1.807) is 42.8 Å². The van der Waals surface area contributed by atoms with Crippen LogP contribution in [0.15, 0.2) is 39.0 Å². The van der Waals surface area contributed by atoms with E-state index in [1.165, 1.54) is 11.8 Å². The summed E-state index contributed by atoms with van der Waals surface area (Å²) < 4.78 is 0.908. The molecule has 4 nitrogen and oxygen atoms in total. The zero-order chi connectivity index (χ0) is 12.3. The summed E-state index contributed by atoms with van der Waals surface area (Å²) in [6.07, 6.45) is 1.74. The monoisotopic (exact) mass is 265 g/mol. The number of amides is 1. The average Bonchev–Trinajstić information content (AvgIpc) is 2.84. The highest BCUT2D eigenvalue weighted by molar-refractivity contribution is 8.01. The molecule has 0 fully saturated rings. The van der Waals surface area contributed by atoms with Crippen molar-refractivity contribution < 1.29 is 4.79 Å². The predicted molar refractivity (Wildman–Crippen MR) is 70.5 cm³/mol. The lowest BCUT2D eigenvalue weighted by molar-refractivity contribution is 0.0963. The molecular formula is C11H11N3OS2. The molecule has 1 aromatic carbocycles. The maximum absolute atomic E-state index is 11.5. The Hall–Kier alpha value is -1.53. The van der Waals surface area contributed by atoms with Crippen LogP contribution in [0.25, 0.3) is 0 Å². The molecule has 0 saturated heterocycles. The molecule has 2 aromatic rings. The molecule has 88 valence electrons. The van der Waals surface area contributed by atoms with Crippen molar-refractivity contribution in [2.24, 2.45) is 0 Å². The Kier molecular flexibility index (Phi) is 3.65. The van der Waals surface area contributed by atoms with Crippen LogP contribution in [-0.2, 0) is 0 Å². The number of benzene rings is 1. The van der Waals surface area contributed by atoms with E-state index < -0.39 is 0 Å². The van der Waals surface area contributed by atoms with Crippen molar-refractivity contribution in [3.63, 3.8) is 0 Å². The molecule has 2 rings (SSSR count). The van der Waals surface area contributed by atoms with Gasteiger partial charge in [0, 0.05) is 34.8 Å². The van der Waals surface area contributed by atoms with Crippen molar-refractivity contribution in [2.75, 3.05) is 12.8 Å². The van der Waals surface area contributed by atoms with Crippen LogP contribution in [0.5, 0.6) is 0 Å². The summed E-state index contributed by atoms with van der Waals surface area (Å²) >= 11 is 3.01. The van der Waals surface area contributed by atoms with Gasteiger partial charge in [-0.05, 0) is 18.2 Å². The van der Waals surface area contributed by atoms with Gasteiger partial charge in [-0.1, -0.05) is 11.8 Å². The maximum atomic E-state index is 11.5. The van der Waals surface area contributed by atoms with E-state index in [4.69, 9.17) is 5.73 Å². The van der Waals surface area contributed by atoms with E-state index in [0.29, 0.717) is 11.3 Å². The molecule has 0 aliphatic carbocycles. The minimum Gasteiger partial charge on any atom is -0.398 e. The van der Waals surface area contributed by atoms with Crippen molar-refractivity contribution in [3.05, 3.63) is 35.3 Å². The van der Waals surface area contributed by atoms with Gasteiger partial charge in [0.05, 0.1) is 0 Å². The summed E-state index contributed by atoms with van der Waals surface area (Å²) in [7, 11) is 1.60. The molecule has 17 heavy (non-hydrogen) atoms. The summed E-state index contributed by atoms with van der Waals surface area (Å²) in [4.78, 5) is 16.5. The van der Waals surface area contributed by atoms with E-state index in [9.17, 15) is 4.79 Å². The van der Waals surface area contributed by atoms with Crippen LogP contribution < -0.4 is 11.1 Å². The lowest BCUT2D eigenvalue weighted by Gasteiger charge is -2.06. The molecule has 0 atom stereocenters. The zero-order valence-corrected chi connectivity index (χ0v) is 10.8. The second-order valence-corrected chi connectivity index (χ2v) is 5.42. The number of nitrogens with two attached hydrogens (primary N) is 1. The number of nitrogens with one attached hydrogen (secondary N) is 1. The summed E-state index contributed by atoms with van der Waals surface area (Å²) in [6.45, 7) is 0. The Morgan fingerprint density at radius 3 is 3.00 bits per heavy atom. The van der Waals surface area contributed by atoms with E-state index in [-0.39, 0.29) is 5.91 Å². The molecule has 1 heterocycles. The first-order valence-electron chi connectivity index (χ1n) is 4.89. The number of hydrogen-bond acceptors (Lipinski definition) is 5. The van der Waals surface area contributed by atoms with Gasteiger partial charge in [0.15, 0.2) is 4.34 Å². The molecule has 3 N–H and O–H groups in total. The molecular weight excluding hydrogens is 254 g/mol. The fourth-order valence-corrected chi connectivity index (χ4v) is 2.92. The van der Waals surface area contributed by atoms with Gasteiger partial charge in [-0.2, -0.15) is 0 Å². The quantitative estimate of drug-likeness (QED) is 0.835. The molecule has 1 aromatic heterocycles. The SMILES string of the molecule is CNC(=O)c1ccc(N)c(Sc2nccs2)c1. The third kappa shape index (κ3) is 2.78. The first-order chi connectivity index (χ1) is 8.20. The van der Waals surface area contributed by atoms with Crippen molar-refractivity contribution in [3.8, 4) is 0 Å². The van der Waals surface area contributed by atoms with Gasteiger partial charge >= 0.3 is 0 Å². The summed E-state index contributed by atoms with van der Waals surface area (Å²) in [5, 5.41) is 4.49. The number of carbonyl (C=O) groups excluding carboxylic acids is 1. The van der Waals surface area contributed by atoms with Gasteiger partial charge in [-0.3, -0.25) is 4.79 Å². The summed E-state index contributed by atoms with van der Waals surface area (Å²) in [5.74, 6) is -0.119. The van der Waals surface area contributed by atoms with Crippen LogP contribution in [0.1, 0.15) is 10.4 Å². The lowest BCUT2D eigenvalue weighted by atomic mass is 10.2. The van der Waals surface area contributed by atoms with Crippen LogP contribution >= 0.6 is 23.1 Å². The Morgan fingerprint density at radius 2 is 2.35 bits per heavy atom. The van der Waals surface area contributed by atoms with Gasteiger partial charge in [0.25, 0.3) is 5.91 Å². The largest absolute Gasteiger partial charge is 0.398 e. The maximum Gasteiger partial charge on any atom is 0.251 e. The van der Waals surface area contributed by atoms with Crippen LogP contribution in [0, 0.1) is 0 Å². The standard InChI is InChI=1S/C11H11N3OS2/c1-13-10(15)7-2-3-8(12)9(6-7)17-11-14-4-5-16-11/h2-6H,12H2,1H3,(H,13,15). The van der Waals surface area contributed by atoms with E-state index in [2.05, 4.69) is 10.3 Å². The smallest absolute Gasteiger partial charge is 0.251 e. The number of nitrogen functional groups attached to an aromatic ring is 1. The van der Waals surface area contributed by atoms with Gasteiger partial charge in [-0.15, -0.1) is 11.3 Å². The van der Waals surface area contributed by atoms with Crippen LogP contribution in [0.2, 0.25) is 0 Å². The molecule has 0 radical (unpaired) electrons. The minimum absolute atomic E-state index is 0.119. The van der Waals surface area contributed by atoms with Crippen LogP contribution in [0.4, 0.5) is 5.69 Å². The van der Waals surface area contributed by atoms with Gasteiger partial charge in [0.2, 0.25) is 0 Å². The molecule has 0 saturated carbocycles. The number of nitrogens with zero attached hydrogens (tertiary/aromatic N) is 1. The number of rotatable bonds is 3. The highest BCUT2D eigenvalue weighted by Gasteiger charge is 2.09. The number of aromatic nitrogens is 1. The molecule has 0 bridgehead atoms. The van der Waals surface area contributed by atoms with E-state index in [1.807, 2.05) is 5.38 Å². The van der Waals surface area contributed by atoms with E-state index in [0.717, 1.165) is 9.24 Å². The molecule has 1 amide bonds. The average molecular weight is 265 g/mol. The van der Waals surface area contributed by atoms with Crippen molar-refractivity contribution >= 4 is 34.7 Å². The number of carbonyl (C=O) groups is 1. The van der Waals surface area contributed by atoms with Crippen molar-refractivity contribution in [1.29, 1.82) is 0 Å². The third-order valence-corrected chi connectivity index (χ3v) is 4.07. The summed E-state index contributed by atoms with van der Waals surface area (Å²) in [6, 6.07) is 5.22. The first kappa shape index (κ1) is 11.9. The normalized spacial score (nSPS) is 10.2. The Labute approximate surface area is 107 Å². The molecule has 6 heteroatoms. The minimum atomic E-state index is -0.119. The predicted octanol–water partition coefficient (Wildman–Crippen LogP) is 2.24.